The van der Waals surface area contributed by atoms with Crippen LogP contribution in [0.15, 0.2) is 4.42 Å². The smallest absolute Gasteiger partial charge is 0.204 e. The summed E-state index contributed by atoms with van der Waals surface area (Å²) in [5.74, 6) is 2.55. The first-order valence-electron chi connectivity index (χ1n) is 6.47. The number of rotatable bonds is 5. The molecule has 1 saturated carbocycles. The van der Waals surface area contributed by atoms with E-state index in [0.29, 0.717) is 6.42 Å². The maximum atomic E-state index is 8.90. The number of hydrogen-bond donors (Lipinski definition) is 1. The summed E-state index contributed by atoms with van der Waals surface area (Å²) in [4.78, 5) is 4.44. The summed E-state index contributed by atoms with van der Waals surface area (Å²) in [5.41, 5.74) is 0.909. The molecule has 1 aliphatic rings. The largest absolute Gasteiger partial charge is 0.445 e. The van der Waals surface area contributed by atoms with E-state index in [1.165, 1.54) is 32.1 Å². The highest BCUT2D eigenvalue weighted by Gasteiger charge is 2.16. The predicted octanol–water partition coefficient (Wildman–Crippen LogP) is 3.08. The molecule has 1 aromatic rings. The molecule has 1 N–H and O–H groups in total. The Labute approximate surface area is 107 Å². The Morgan fingerprint density at radius 2 is 2.12 bits per heavy atom. The zero-order valence-electron chi connectivity index (χ0n) is 10.4. The van der Waals surface area contributed by atoms with E-state index in [9.17, 15) is 0 Å². The molecule has 1 heterocycles. The van der Waals surface area contributed by atoms with Gasteiger partial charge >= 0.3 is 0 Å². The summed E-state index contributed by atoms with van der Waals surface area (Å²) in [5, 5.41) is 9.69. The van der Waals surface area contributed by atoms with E-state index >= 15 is 0 Å². The molecule has 0 aliphatic heterocycles. The fourth-order valence-corrected chi connectivity index (χ4v) is 3.48. The molecule has 2 rings (SSSR count). The monoisotopic (exact) mass is 255 g/mol. The van der Waals surface area contributed by atoms with Crippen molar-refractivity contribution in [3.05, 3.63) is 17.3 Å². The molecule has 1 fully saturated rings. The predicted molar refractivity (Wildman–Crippen MR) is 70.2 cm³/mol. The molecule has 0 amide bonds. The number of hydrogen-bond acceptors (Lipinski definition) is 4. The van der Waals surface area contributed by atoms with Gasteiger partial charge < -0.3 is 9.52 Å². The van der Waals surface area contributed by atoms with Crippen molar-refractivity contribution in [2.24, 2.45) is 0 Å². The van der Waals surface area contributed by atoms with Crippen molar-refractivity contribution in [2.75, 3.05) is 6.61 Å². The summed E-state index contributed by atoms with van der Waals surface area (Å²) < 4.78 is 5.62. The second-order valence-electron chi connectivity index (χ2n) is 4.66. The lowest BCUT2D eigenvalue weighted by Gasteiger charge is -2.20. The molecule has 0 atom stereocenters. The van der Waals surface area contributed by atoms with Crippen LogP contribution in [-0.4, -0.2) is 21.9 Å². The Balaban J connectivity index is 1.83. The lowest BCUT2D eigenvalue weighted by Crippen LogP contribution is -2.08. The second kappa shape index (κ2) is 6.45. The Morgan fingerprint density at radius 1 is 1.35 bits per heavy atom. The molecular weight excluding hydrogens is 234 g/mol. The third-order valence-electron chi connectivity index (χ3n) is 3.28. The van der Waals surface area contributed by atoms with Gasteiger partial charge in [-0.05, 0) is 19.8 Å². The van der Waals surface area contributed by atoms with Crippen molar-refractivity contribution in [1.29, 1.82) is 0 Å². The Morgan fingerprint density at radius 3 is 2.82 bits per heavy atom. The topological polar surface area (TPSA) is 46.3 Å². The van der Waals surface area contributed by atoms with Gasteiger partial charge in [0.15, 0.2) is 0 Å². The van der Waals surface area contributed by atoms with Crippen molar-refractivity contribution < 1.29 is 9.52 Å². The average Bonchev–Trinajstić information content (AvgIpc) is 2.70. The van der Waals surface area contributed by atoms with Crippen LogP contribution in [0.2, 0.25) is 0 Å². The highest BCUT2D eigenvalue weighted by Crippen LogP contribution is 2.30. The van der Waals surface area contributed by atoms with Crippen LogP contribution in [-0.2, 0) is 12.2 Å². The minimum Gasteiger partial charge on any atom is -0.445 e. The molecule has 17 heavy (non-hydrogen) atoms. The molecule has 4 heteroatoms. The lowest BCUT2D eigenvalue weighted by molar-refractivity contribution is 0.297. The van der Waals surface area contributed by atoms with Gasteiger partial charge in [0.1, 0.15) is 5.76 Å². The van der Waals surface area contributed by atoms with Gasteiger partial charge in [-0.25, -0.2) is 4.98 Å². The van der Waals surface area contributed by atoms with Gasteiger partial charge in [0.25, 0.3) is 0 Å². The van der Waals surface area contributed by atoms with Crippen LogP contribution < -0.4 is 0 Å². The Kier molecular flexibility index (Phi) is 4.92. The van der Waals surface area contributed by atoms with Crippen LogP contribution in [0.25, 0.3) is 0 Å². The van der Waals surface area contributed by atoms with E-state index in [2.05, 4.69) is 4.98 Å². The fourth-order valence-electron chi connectivity index (χ4n) is 2.31. The summed E-state index contributed by atoms with van der Waals surface area (Å²) in [6.45, 7) is 2.06. The van der Waals surface area contributed by atoms with Gasteiger partial charge in [0.05, 0.1) is 11.4 Å². The van der Waals surface area contributed by atoms with Gasteiger partial charge in [-0.1, -0.05) is 19.3 Å². The molecule has 1 aromatic heterocycles. The van der Waals surface area contributed by atoms with Crippen LogP contribution in [0, 0.1) is 6.92 Å². The van der Waals surface area contributed by atoms with E-state index in [1.54, 1.807) is 0 Å². The van der Waals surface area contributed by atoms with E-state index in [4.69, 9.17) is 9.52 Å². The average molecular weight is 255 g/mol. The van der Waals surface area contributed by atoms with Crippen LogP contribution >= 0.6 is 11.8 Å². The van der Waals surface area contributed by atoms with E-state index < -0.39 is 0 Å². The molecule has 1 aliphatic carbocycles. The maximum Gasteiger partial charge on any atom is 0.204 e. The zero-order chi connectivity index (χ0) is 12.1. The van der Waals surface area contributed by atoms with E-state index in [1.807, 2.05) is 18.7 Å². The molecular formula is C13H21NO2S. The van der Waals surface area contributed by atoms with Crippen LogP contribution in [0.1, 0.15) is 49.4 Å². The molecule has 3 nitrogen and oxygen atoms in total. The van der Waals surface area contributed by atoms with Crippen LogP contribution in [0.3, 0.4) is 0 Å². The van der Waals surface area contributed by atoms with Crippen molar-refractivity contribution in [3.63, 3.8) is 0 Å². The Hall–Kier alpha value is -0.480. The first-order valence-corrected chi connectivity index (χ1v) is 7.52. The highest BCUT2D eigenvalue weighted by atomic mass is 32.2. The SMILES string of the molecule is Cc1oc(CSC2CCCCC2)nc1CCO. The van der Waals surface area contributed by atoms with Crippen LogP contribution in [0.4, 0.5) is 0 Å². The number of aromatic nitrogens is 1. The molecule has 0 spiro atoms. The number of thioether (sulfide) groups is 1. The van der Waals surface area contributed by atoms with Crippen molar-refractivity contribution in [3.8, 4) is 0 Å². The van der Waals surface area contributed by atoms with Crippen molar-refractivity contribution in [2.45, 2.75) is 56.5 Å². The van der Waals surface area contributed by atoms with Crippen LogP contribution in [0.5, 0.6) is 0 Å². The highest BCUT2D eigenvalue weighted by molar-refractivity contribution is 7.99. The van der Waals surface area contributed by atoms with Crippen molar-refractivity contribution in [1.82, 2.24) is 4.98 Å². The van der Waals surface area contributed by atoms with E-state index in [-0.39, 0.29) is 6.61 Å². The third kappa shape index (κ3) is 3.75. The second-order valence-corrected chi connectivity index (χ2v) is 5.94. The minimum atomic E-state index is 0.141. The summed E-state index contributed by atoms with van der Waals surface area (Å²) in [6.07, 6.45) is 7.43. The van der Waals surface area contributed by atoms with Crippen molar-refractivity contribution >= 4 is 11.8 Å². The zero-order valence-corrected chi connectivity index (χ0v) is 11.3. The van der Waals surface area contributed by atoms with Gasteiger partial charge in [-0.3, -0.25) is 0 Å². The number of oxazole rings is 1. The van der Waals surface area contributed by atoms with Gasteiger partial charge in [-0.15, -0.1) is 11.8 Å². The third-order valence-corrected chi connectivity index (χ3v) is 4.64. The molecule has 0 unspecified atom stereocenters. The summed E-state index contributed by atoms with van der Waals surface area (Å²) in [7, 11) is 0. The molecule has 96 valence electrons. The van der Waals surface area contributed by atoms with Gasteiger partial charge in [0, 0.05) is 18.3 Å². The first kappa shape index (κ1) is 13.0. The Bertz CT molecular complexity index is 345. The maximum absolute atomic E-state index is 8.90. The molecule has 0 aromatic carbocycles. The quantitative estimate of drug-likeness (QED) is 0.878. The molecule has 0 radical (unpaired) electrons. The number of aliphatic hydroxyl groups excluding tert-OH is 1. The minimum absolute atomic E-state index is 0.141. The summed E-state index contributed by atoms with van der Waals surface area (Å²) >= 11 is 1.97. The molecule has 0 saturated heterocycles. The standard InChI is InChI=1S/C13H21NO2S/c1-10-12(7-8-15)14-13(16-10)9-17-11-5-3-2-4-6-11/h11,15H,2-9H2,1H3. The number of aryl methyl sites for hydroxylation is 1. The van der Waals surface area contributed by atoms with E-state index in [0.717, 1.165) is 28.3 Å². The van der Waals surface area contributed by atoms with Gasteiger partial charge in [0.2, 0.25) is 5.89 Å². The number of aliphatic hydroxyl groups is 1. The lowest BCUT2D eigenvalue weighted by atomic mass is 10.0. The summed E-state index contributed by atoms with van der Waals surface area (Å²) in [6, 6.07) is 0. The fraction of sp³-hybridized carbons (Fsp3) is 0.769. The van der Waals surface area contributed by atoms with Gasteiger partial charge in [-0.2, -0.15) is 0 Å². The number of nitrogens with zero attached hydrogens (tertiary/aromatic N) is 1. The normalized spacial score (nSPS) is 17.5. The first-order chi connectivity index (χ1) is 8.29. The molecule has 0 bridgehead atoms.